The highest BCUT2D eigenvalue weighted by Crippen LogP contribution is 2.21. The summed E-state index contributed by atoms with van der Waals surface area (Å²) in [6.07, 6.45) is 3.57. The van der Waals surface area contributed by atoms with Crippen LogP contribution in [0, 0.1) is 0 Å². The van der Waals surface area contributed by atoms with Crippen LogP contribution >= 0.6 is 0 Å². The molecule has 0 saturated heterocycles. The smallest absolute Gasteiger partial charge is 0.334 e. The predicted octanol–water partition coefficient (Wildman–Crippen LogP) is 0.834. The molecule has 0 heterocycles. The molecule has 1 aliphatic rings. The third-order valence-electron chi connectivity index (χ3n) is 2.65. The highest BCUT2D eigenvalue weighted by atomic mass is 16.6. The van der Waals surface area contributed by atoms with Crippen LogP contribution in [0.3, 0.4) is 0 Å². The third kappa shape index (κ3) is 3.27. The first-order valence-electron chi connectivity index (χ1n) is 5.12. The summed E-state index contributed by atoms with van der Waals surface area (Å²) in [5, 5.41) is 0. The number of rotatable bonds is 3. The topological polar surface area (TPSA) is 61.5 Å². The van der Waals surface area contributed by atoms with Gasteiger partial charge in [-0.2, -0.15) is 0 Å². The summed E-state index contributed by atoms with van der Waals surface area (Å²) >= 11 is 0. The first-order chi connectivity index (χ1) is 6.63. The van der Waals surface area contributed by atoms with Gasteiger partial charge >= 0.3 is 5.97 Å². The van der Waals surface area contributed by atoms with Crippen LogP contribution in [-0.2, 0) is 14.3 Å². The van der Waals surface area contributed by atoms with Gasteiger partial charge in [0.2, 0.25) is 0 Å². The second kappa shape index (κ2) is 5.32. The fourth-order valence-electron chi connectivity index (χ4n) is 1.73. The zero-order chi connectivity index (χ0) is 10.6. The Labute approximate surface area is 84.7 Å². The monoisotopic (exact) mass is 201 g/mol. The van der Waals surface area contributed by atoms with E-state index in [4.69, 9.17) is 10.5 Å². The number of hydrogen-bond donors (Lipinski definition) is 1. The summed E-state index contributed by atoms with van der Waals surface area (Å²) in [5.74, 6) is -0.306. The zero-order valence-electron chi connectivity index (χ0n) is 8.86. The van der Waals surface area contributed by atoms with Gasteiger partial charge in [-0.3, -0.25) is 0 Å². The molecule has 0 aromatic rings. The van der Waals surface area contributed by atoms with Crippen molar-refractivity contribution in [2.75, 3.05) is 7.11 Å². The van der Waals surface area contributed by atoms with Gasteiger partial charge in [0.25, 0.3) is 0 Å². The Hall–Kier alpha value is -0.610. The Morgan fingerprint density at radius 3 is 2.43 bits per heavy atom. The van der Waals surface area contributed by atoms with Crippen molar-refractivity contribution >= 4 is 5.97 Å². The average molecular weight is 201 g/mol. The van der Waals surface area contributed by atoms with E-state index in [0.29, 0.717) is 6.04 Å². The van der Waals surface area contributed by atoms with Crippen LogP contribution in [0.5, 0.6) is 0 Å². The van der Waals surface area contributed by atoms with Gasteiger partial charge < -0.3 is 15.2 Å². The van der Waals surface area contributed by atoms with Crippen LogP contribution in [0.15, 0.2) is 0 Å². The number of hydrogen-bond acceptors (Lipinski definition) is 4. The molecule has 0 aromatic carbocycles. The first kappa shape index (κ1) is 11.5. The highest BCUT2D eigenvalue weighted by Gasteiger charge is 2.23. The van der Waals surface area contributed by atoms with E-state index in [1.54, 1.807) is 6.92 Å². The SMILES string of the molecule is COC(=O)C(C)OC1CCC(N)CC1. The van der Waals surface area contributed by atoms with Crippen molar-refractivity contribution in [1.82, 2.24) is 0 Å². The molecular formula is C10H19NO3. The normalized spacial score (nSPS) is 29.6. The number of ether oxygens (including phenoxy) is 2. The fourth-order valence-corrected chi connectivity index (χ4v) is 1.73. The van der Waals surface area contributed by atoms with Gasteiger partial charge in [0, 0.05) is 6.04 Å². The summed E-state index contributed by atoms with van der Waals surface area (Å²) in [6, 6.07) is 0.309. The molecule has 0 amide bonds. The van der Waals surface area contributed by atoms with Gasteiger partial charge in [0.05, 0.1) is 13.2 Å². The predicted molar refractivity (Wildman–Crippen MR) is 52.8 cm³/mol. The van der Waals surface area contributed by atoms with Crippen molar-refractivity contribution in [3.05, 3.63) is 0 Å². The van der Waals surface area contributed by atoms with E-state index in [1.165, 1.54) is 7.11 Å². The maximum absolute atomic E-state index is 11.1. The van der Waals surface area contributed by atoms with Gasteiger partial charge in [-0.1, -0.05) is 0 Å². The van der Waals surface area contributed by atoms with Crippen LogP contribution < -0.4 is 5.73 Å². The largest absolute Gasteiger partial charge is 0.467 e. The molecule has 14 heavy (non-hydrogen) atoms. The Bertz CT molecular complexity index is 188. The van der Waals surface area contributed by atoms with E-state index < -0.39 is 6.10 Å². The van der Waals surface area contributed by atoms with Gasteiger partial charge in [-0.05, 0) is 32.6 Å². The standard InChI is InChI=1S/C10H19NO3/c1-7(10(12)13-2)14-9-5-3-8(11)4-6-9/h7-9H,3-6,11H2,1-2H3. The van der Waals surface area contributed by atoms with E-state index in [1.807, 2.05) is 0 Å². The molecule has 1 fully saturated rings. The van der Waals surface area contributed by atoms with Crippen molar-refractivity contribution in [2.45, 2.75) is 50.9 Å². The number of nitrogens with two attached hydrogens (primary N) is 1. The summed E-state index contributed by atoms with van der Waals surface area (Å²) in [5.41, 5.74) is 5.77. The van der Waals surface area contributed by atoms with E-state index in [2.05, 4.69) is 4.74 Å². The van der Waals surface area contributed by atoms with Gasteiger partial charge in [-0.15, -0.1) is 0 Å². The van der Waals surface area contributed by atoms with Crippen LogP contribution in [-0.4, -0.2) is 31.3 Å². The third-order valence-corrected chi connectivity index (χ3v) is 2.65. The molecule has 1 unspecified atom stereocenters. The zero-order valence-corrected chi connectivity index (χ0v) is 8.86. The number of carbonyl (C=O) groups excluding carboxylic acids is 1. The molecule has 2 N–H and O–H groups in total. The minimum atomic E-state index is -0.459. The fraction of sp³-hybridized carbons (Fsp3) is 0.900. The summed E-state index contributed by atoms with van der Waals surface area (Å²) in [6.45, 7) is 1.72. The maximum Gasteiger partial charge on any atom is 0.334 e. The molecule has 0 bridgehead atoms. The lowest BCUT2D eigenvalue weighted by Gasteiger charge is -2.27. The van der Waals surface area contributed by atoms with Gasteiger partial charge in [0.1, 0.15) is 0 Å². The number of methoxy groups -OCH3 is 1. The van der Waals surface area contributed by atoms with E-state index >= 15 is 0 Å². The van der Waals surface area contributed by atoms with Crippen LogP contribution in [0.25, 0.3) is 0 Å². The molecule has 4 nitrogen and oxygen atoms in total. The Kier molecular flexibility index (Phi) is 4.35. The van der Waals surface area contributed by atoms with Crippen molar-refractivity contribution in [3.63, 3.8) is 0 Å². The molecule has 0 spiro atoms. The van der Waals surface area contributed by atoms with Gasteiger partial charge in [-0.25, -0.2) is 4.79 Å². The highest BCUT2D eigenvalue weighted by molar-refractivity contribution is 5.73. The van der Waals surface area contributed by atoms with Crippen LogP contribution in [0.2, 0.25) is 0 Å². The Morgan fingerprint density at radius 2 is 1.93 bits per heavy atom. The molecule has 0 aromatic heterocycles. The van der Waals surface area contributed by atoms with E-state index in [9.17, 15) is 4.79 Å². The molecule has 1 atom stereocenters. The average Bonchev–Trinajstić information content (AvgIpc) is 2.20. The minimum absolute atomic E-state index is 0.170. The molecule has 0 radical (unpaired) electrons. The molecule has 4 heteroatoms. The van der Waals surface area contributed by atoms with Crippen LogP contribution in [0.4, 0.5) is 0 Å². The van der Waals surface area contributed by atoms with Crippen LogP contribution in [0.1, 0.15) is 32.6 Å². The molecule has 0 aliphatic heterocycles. The first-order valence-corrected chi connectivity index (χ1v) is 5.12. The molecule has 1 saturated carbocycles. The second-order valence-electron chi connectivity index (χ2n) is 3.84. The van der Waals surface area contributed by atoms with Crippen molar-refractivity contribution < 1.29 is 14.3 Å². The van der Waals surface area contributed by atoms with Crippen molar-refractivity contribution in [3.8, 4) is 0 Å². The lowest BCUT2D eigenvalue weighted by atomic mass is 9.93. The van der Waals surface area contributed by atoms with E-state index in [0.717, 1.165) is 25.7 Å². The quantitative estimate of drug-likeness (QED) is 0.687. The lowest BCUT2D eigenvalue weighted by molar-refractivity contribution is -0.157. The number of esters is 1. The van der Waals surface area contributed by atoms with Crippen molar-refractivity contribution in [2.24, 2.45) is 5.73 Å². The summed E-state index contributed by atoms with van der Waals surface area (Å²) < 4.78 is 10.1. The van der Waals surface area contributed by atoms with Gasteiger partial charge in [0.15, 0.2) is 6.10 Å². The number of carbonyl (C=O) groups is 1. The lowest BCUT2D eigenvalue weighted by Crippen LogP contribution is -2.34. The van der Waals surface area contributed by atoms with E-state index in [-0.39, 0.29) is 12.1 Å². The Balaban J connectivity index is 2.27. The maximum atomic E-state index is 11.1. The minimum Gasteiger partial charge on any atom is -0.467 e. The van der Waals surface area contributed by atoms with Crippen molar-refractivity contribution in [1.29, 1.82) is 0 Å². The second-order valence-corrected chi connectivity index (χ2v) is 3.84. The Morgan fingerprint density at radius 1 is 1.36 bits per heavy atom. The molecular weight excluding hydrogens is 182 g/mol. The summed E-state index contributed by atoms with van der Waals surface area (Å²) in [7, 11) is 1.37. The summed E-state index contributed by atoms with van der Waals surface area (Å²) in [4.78, 5) is 11.1. The molecule has 1 rings (SSSR count). The molecule has 82 valence electrons. The molecule has 1 aliphatic carbocycles.